The van der Waals surface area contributed by atoms with Gasteiger partial charge in [-0.1, -0.05) is 12.1 Å². The highest BCUT2D eigenvalue weighted by Crippen LogP contribution is 2.08. The van der Waals surface area contributed by atoms with Gasteiger partial charge in [0, 0.05) is 38.6 Å². The van der Waals surface area contributed by atoms with Gasteiger partial charge < -0.3 is 19.8 Å². The van der Waals surface area contributed by atoms with E-state index in [9.17, 15) is 0 Å². The van der Waals surface area contributed by atoms with E-state index in [0.29, 0.717) is 19.8 Å². The molecular weight excluding hydrogens is 366 g/mol. The summed E-state index contributed by atoms with van der Waals surface area (Å²) in [6, 6.07) is 14.2. The van der Waals surface area contributed by atoms with Crippen LogP contribution >= 0.6 is 0 Å². The van der Waals surface area contributed by atoms with Gasteiger partial charge in [0.25, 0.3) is 0 Å². The van der Waals surface area contributed by atoms with E-state index in [-0.39, 0.29) is 0 Å². The molecule has 7 heteroatoms. The van der Waals surface area contributed by atoms with Gasteiger partial charge in [0.1, 0.15) is 12.4 Å². The molecule has 0 amide bonds. The average Bonchev–Trinajstić information content (AvgIpc) is 3.45. The quantitative estimate of drug-likeness (QED) is 0.296. The van der Waals surface area contributed by atoms with E-state index in [4.69, 9.17) is 9.15 Å². The first-order chi connectivity index (χ1) is 14.3. The topological polar surface area (TPSA) is 76.6 Å². The molecule has 2 heterocycles. The van der Waals surface area contributed by atoms with Crippen molar-refractivity contribution in [2.45, 2.75) is 26.4 Å². The predicted octanol–water partition coefficient (Wildman–Crippen LogP) is 3.17. The standard InChI is InChI=1S/C22H29N5O2/c1-2-23-22(24-12-5-16-28-18-21-6-3-17-29-21)25-14-11-19-7-9-20(10-8-19)27-15-4-13-26-27/h3-4,6-10,13,15,17H,2,5,11-12,14,16,18H2,1H3,(H2,23,24,25). The van der Waals surface area contributed by atoms with E-state index in [1.165, 1.54) is 5.56 Å². The molecule has 3 aromatic rings. The van der Waals surface area contributed by atoms with Crippen molar-refractivity contribution >= 4 is 5.96 Å². The molecule has 0 aliphatic heterocycles. The zero-order valence-electron chi connectivity index (χ0n) is 16.9. The number of benzene rings is 1. The van der Waals surface area contributed by atoms with Crippen molar-refractivity contribution in [1.82, 2.24) is 20.4 Å². The van der Waals surface area contributed by atoms with Crippen LogP contribution in [-0.2, 0) is 17.8 Å². The zero-order valence-corrected chi connectivity index (χ0v) is 16.9. The predicted molar refractivity (Wildman–Crippen MR) is 114 cm³/mol. The van der Waals surface area contributed by atoms with Crippen molar-refractivity contribution in [3.05, 3.63) is 72.4 Å². The number of hydrogen-bond donors (Lipinski definition) is 2. The summed E-state index contributed by atoms with van der Waals surface area (Å²) in [5.74, 6) is 1.69. The molecule has 0 atom stereocenters. The maximum atomic E-state index is 5.59. The minimum Gasteiger partial charge on any atom is -0.467 e. The molecule has 154 valence electrons. The highest BCUT2D eigenvalue weighted by Gasteiger charge is 2.00. The molecule has 2 N–H and O–H groups in total. The zero-order chi connectivity index (χ0) is 20.2. The summed E-state index contributed by atoms with van der Waals surface area (Å²) in [5.41, 5.74) is 2.34. The number of aliphatic imine (C=N–C) groups is 1. The van der Waals surface area contributed by atoms with Gasteiger partial charge in [0.2, 0.25) is 0 Å². The first kappa shape index (κ1) is 20.7. The van der Waals surface area contributed by atoms with Gasteiger partial charge in [-0.15, -0.1) is 0 Å². The Hall–Kier alpha value is -3.06. The summed E-state index contributed by atoms with van der Waals surface area (Å²) in [6.07, 6.45) is 7.18. The van der Waals surface area contributed by atoms with Crippen LogP contribution in [0.1, 0.15) is 24.7 Å². The minimum atomic E-state index is 0.508. The molecule has 0 bridgehead atoms. The molecule has 1 aromatic carbocycles. The van der Waals surface area contributed by atoms with Crippen LogP contribution in [0.2, 0.25) is 0 Å². The van der Waals surface area contributed by atoms with Crippen LogP contribution in [0.15, 0.2) is 70.5 Å². The Balaban J connectivity index is 1.35. The summed E-state index contributed by atoms with van der Waals surface area (Å²) >= 11 is 0. The van der Waals surface area contributed by atoms with Gasteiger partial charge in [-0.3, -0.25) is 4.99 Å². The second-order valence-electron chi connectivity index (χ2n) is 6.54. The van der Waals surface area contributed by atoms with E-state index < -0.39 is 0 Å². The van der Waals surface area contributed by atoms with Crippen molar-refractivity contribution < 1.29 is 9.15 Å². The normalized spacial score (nSPS) is 11.6. The first-order valence-corrected chi connectivity index (χ1v) is 10.1. The maximum absolute atomic E-state index is 5.59. The number of hydrogen-bond acceptors (Lipinski definition) is 4. The van der Waals surface area contributed by atoms with Crippen LogP contribution in [0.3, 0.4) is 0 Å². The van der Waals surface area contributed by atoms with Crippen molar-refractivity contribution in [3.8, 4) is 5.69 Å². The fraction of sp³-hybridized carbons (Fsp3) is 0.364. The summed E-state index contributed by atoms with van der Waals surface area (Å²) in [4.78, 5) is 4.61. The highest BCUT2D eigenvalue weighted by molar-refractivity contribution is 5.79. The van der Waals surface area contributed by atoms with Gasteiger partial charge in [-0.25, -0.2) is 4.68 Å². The third kappa shape index (κ3) is 7.12. The molecule has 0 saturated carbocycles. The molecule has 0 aliphatic rings. The monoisotopic (exact) mass is 395 g/mol. The Bertz CT molecular complexity index is 827. The molecule has 0 fully saturated rings. The van der Waals surface area contributed by atoms with Crippen molar-refractivity contribution in [2.75, 3.05) is 26.2 Å². The van der Waals surface area contributed by atoms with Crippen LogP contribution in [0.4, 0.5) is 0 Å². The summed E-state index contributed by atoms with van der Waals surface area (Å²) in [5, 5.41) is 10.9. The first-order valence-electron chi connectivity index (χ1n) is 10.1. The molecule has 0 unspecified atom stereocenters. The lowest BCUT2D eigenvalue weighted by atomic mass is 10.1. The largest absolute Gasteiger partial charge is 0.467 e. The van der Waals surface area contributed by atoms with Gasteiger partial charge in [0.15, 0.2) is 5.96 Å². The SMILES string of the molecule is CCNC(=NCCCOCc1ccco1)NCCc1ccc(-n2cccn2)cc1. The minimum absolute atomic E-state index is 0.508. The van der Waals surface area contributed by atoms with Gasteiger partial charge >= 0.3 is 0 Å². The molecule has 2 aromatic heterocycles. The smallest absolute Gasteiger partial charge is 0.191 e. The van der Waals surface area contributed by atoms with E-state index >= 15 is 0 Å². The van der Waals surface area contributed by atoms with Crippen molar-refractivity contribution in [3.63, 3.8) is 0 Å². The van der Waals surface area contributed by atoms with Crippen LogP contribution in [0.5, 0.6) is 0 Å². The van der Waals surface area contributed by atoms with Gasteiger partial charge in [-0.2, -0.15) is 5.10 Å². The lowest BCUT2D eigenvalue weighted by molar-refractivity contribution is 0.105. The third-order valence-electron chi connectivity index (χ3n) is 4.30. The number of ether oxygens (including phenoxy) is 1. The van der Waals surface area contributed by atoms with Crippen LogP contribution < -0.4 is 10.6 Å². The second kappa shape index (κ2) is 11.7. The summed E-state index contributed by atoms with van der Waals surface area (Å²) < 4.78 is 12.7. The van der Waals surface area contributed by atoms with Gasteiger partial charge in [0.05, 0.1) is 12.0 Å². The number of rotatable bonds is 11. The fourth-order valence-corrected chi connectivity index (χ4v) is 2.83. The Labute approximate surface area is 171 Å². The Morgan fingerprint density at radius 1 is 1.17 bits per heavy atom. The van der Waals surface area contributed by atoms with Crippen LogP contribution in [0, 0.1) is 0 Å². The van der Waals surface area contributed by atoms with Crippen molar-refractivity contribution in [2.24, 2.45) is 4.99 Å². The van der Waals surface area contributed by atoms with Crippen LogP contribution in [0.25, 0.3) is 5.69 Å². The van der Waals surface area contributed by atoms with E-state index in [2.05, 4.69) is 51.9 Å². The third-order valence-corrected chi connectivity index (χ3v) is 4.30. The van der Waals surface area contributed by atoms with Crippen LogP contribution in [-0.4, -0.2) is 42.0 Å². The van der Waals surface area contributed by atoms with E-state index in [1.54, 1.807) is 12.5 Å². The highest BCUT2D eigenvalue weighted by atomic mass is 16.5. The second-order valence-corrected chi connectivity index (χ2v) is 6.54. The average molecular weight is 396 g/mol. The van der Waals surface area contributed by atoms with Gasteiger partial charge in [-0.05, 0) is 55.7 Å². The molecular formula is C22H29N5O2. The number of nitrogens with one attached hydrogen (secondary N) is 2. The Kier molecular flexibility index (Phi) is 8.34. The van der Waals surface area contributed by atoms with E-state index in [1.807, 2.05) is 29.1 Å². The molecule has 7 nitrogen and oxygen atoms in total. The molecule has 0 saturated heterocycles. The molecule has 0 aliphatic carbocycles. The Morgan fingerprint density at radius 3 is 2.79 bits per heavy atom. The lowest BCUT2D eigenvalue weighted by Gasteiger charge is -2.11. The number of aromatic nitrogens is 2. The van der Waals surface area contributed by atoms with E-state index in [0.717, 1.165) is 43.3 Å². The van der Waals surface area contributed by atoms with Crippen molar-refractivity contribution in [1.29, 1.82) is 0 Å². The molecule has 0 radical (unpaired) electrons. The molecule has 0 spiro atoms. The fourth-order valence-electron chi connectivity index (χ4n) is 2.83. The molecule has 3 rings (SSSR count). The number of guanidine groups is 1. The molecule has 29 heavy (non-hydrogen) atoms. The summed E-state index contributed by atoms with van der Waals surface area (Å²) in [6.45, 7) is 5.60. The summed E-state index contributed by atoms with van der Waals surface area (Å²) in [7, 11) is 0. The Morgan fingerprint density at radius 2 is 2.07 bits per heavy atom. The number of furan rings is 1. The lowest BCUT2D eigenvalue weighted by Crippen LogP contribution is -2.38. The number of nitrogens with zero attached hydrogens (tertiary/aromatic N) is 3. The maximum Gasteiger partial charge on any atom is 0.191 e.